The highest BCUT2D eigenvalue weighted by atomic mass is 35.5. The van der Waals surface area contributed by atoms with E-state index in [0.29, 0.717) is 10.8 Å². The van der Waals surface area contributed by atoms with E-state index in [1.807, 2.05) is 6.92 Å². The zero-order valence-corrected chi connectivity index (χ0v) is 8.36. The Bertz CT molecular complexity index is 464. The zero-order chi connectivity index (χ0) is 10.1. The largest absolute Gasteiger partial charge is 0.382 e. The quantitative estimate of drug-likeness (QED) is 0.778. The van der Waals surface area contributed by atoms with Crippen molar-refractivity contribution in [2.45, 2.75) is 6.92 Å². The molecule has 0 aliphatic heterocycles. The number of hydrogen-bond acceptors (Lipinski definition) is 3. The van der Waals surface area contributed by atoms with E-state index in [2.05, 4.69) is 10.1 Å². The van der Waals surface area contributed by atoms with E-state index in [0.717, 1.165) is 11.3 Å². The number of anilines is 1. The molecule has 0 aliphatic rings. The van der Waals surface area contributed by atoms with Crippen LogP contribution in [0.4, 0.5) is 5.82 Å². The maximum atomic E-state index is 5.94. The van der Waals surface area contributed by atoms with Gasteiger partial charge in [-0.15, -0.1) is 0 Å². The molecule has 0 radical (unpaired) electrons. The fourth-order valence-corrected chi connectivity index (χ4v) is 1.35. The van der Waals surface area contributed by atoms with Gasteiger partial charge in [-0.2, -0.15) is 5.10 Å². The standard InChI is InChI=1S/C9H9ClN4/c1-6-7(10)4-12-5-8(6)14-3-2-9(11)13-14/h2-5H,1H3,(H2,11,13). The van der Waals surface area contributed by atoms with Gasteiger partial charge >= 0.3 is 0 Å². The highest BCUT2D eigenvalue weighted by Crippen LogP contribution is 2.20. The predicted molar refractivity (Wildman–Crippen MR) is 55.5 cm³/mol. The summed E-state index contributed by atoms with van der Waals surface area (Å²) in [5.41, 5.74) is 7.30. The van der Waals surface area contributed by atoms with E-state index < -0.39 is 0 Å². The Morgan fingerprint density at radius 3 is 2.86 bits per heavy atom. The Balaban J connectivity index is 2.57. The fraction of sp³-hybridized carbons (Fsp3) is 0.111. The summed E-state index contributed by atoms with van der Waals surface area (Å²) in [6.45, 7) is 1.91. The molecule has 0 unspecified atom stereocenters. The van der Waals surface area contributed by atoms with E-state index in [-0.39, 0.29) is 0 Å². The average molecular weight is 209 g/mol. The van der Waals surface area contributed by atoms with Crippen molar-refractivity contribution >= 4 is 17.4 Å². The number of halogens is 1. The average Bonchev–Trinajstić information content (AvgIpc) is 2.57. The van der Waals surface area contributed by atoms with Gasteiger partial charge in [0.15, 0.2) is 0 Å². The van der Waals surface area contributed by atoms with Gasteiger partial charge < -0.3 is 5.73 Å². The number of rotatable bonds is 1. The van der Waals surface area contributed by atoms with Crippen LogP contribution >= 0.6 is 11.6 Å². The van der Waals surface area contributed by atoms with E-state index in [1.165, 1.54) is 0 Å². The van der Waals surface area contributed by atoms with Crippen LogP contribution in [0.5, 0.6) is 0 Å². The van der Waals surface area contributed by atoms with Gasteiger partial charge in [-0.1, -0.05) is 11.6 Å². The van der Waals surface area contributed by atoms with Gasteiger partial charge in [-0.25, -0.2) is 4.68 Å². The van der Waals surface area contributed by atoms with Crippen molar-refractivity contribution in [3.63, 3.8) is 0 Å². The monoisotopic (exact) mass is 208 g/mol. The normalized spacial score (nSPS) is 10.4. The van der Waals surface area contributed by atoms with Gasteiger partial charge in [-0.05, 0) is 12.5 Å². The van der Waals surface area contributed by atoms with Crippen LogP contribution in [-0.4, -0.2) is 14.8 Å². The van der Waals surface area contributed by atoms with Gasteiger partial charge in [0, 0.05) is 18.5 Å². The second kappa shape index (κ2) is 3.31. The lowest BCUT2D eigenvalue weighted by Crippen LogP contribution is -2.00. The smallest absolute Gasteiger partial charge is 0.145 e. The summed E-state index contributed by atoms with van der Waals surface area (Å²) in [5.74, 6) is 0.476. The molecule has 5 heteroatoms. The molecule has 0 bridgehead atoms. The topological polar surface area (TPSA) is 56.7 Å². The van der Waals surface area contributed by atoms with Crippen LogP contribution in [-0.2, 0) is 0 Å². The number of nitrogens with zero attached hydrogens (tertiary/aromatic N) is 3. The van der Waals surface area contributed by atoms with Crippen molar-refractivity contribution < 1.29 is 0 Å². The predicted octanol–water partition coefficient (Wildman–Crippen LogP) is 1.81. The van der Waals surface area contributed by atoms with Crippen LogP contribution in [0.3, 0.4) is 0 Å². The molecule has 72 valence electrons. The van der Waals surface area contributed by atoms with E-state index >= 15 is 0 Å². The summed E-state index contributed by atoms with van der Waals surface area (Å²) >= 11 is 5.94. The molecule has 14 heavy (non-hydrogen) atoms. The summed E-state index contributed by atoms with van der Waals surface area (Å²) in [6, 6.07) is 1.72. The molecule has 2 aromatic heterocycles. The van der Waals surface area contributed by atoms with E-state index in [4.69, 9.17) is 17.3 Å². The Morgan fingerprint density at radius 1 is 1.43 bits per heavy atom. The van der Waals surface area contributed by atoms with Crippen molar-refractivity contribution in [3.8, 4) is 5.69 Å². The second-order valence-corrected chi connectivity index (χ2v) is 3.36. The van der Waals surface area contributed by atoms with Crippen LogP contribution in [0, 0.1) is 6.92 Å². The van der Waals surface area contributed by atoms with Crippen molar-refractivity contribution in [2.75, 3.05) is 5.73 Å². The van der Waals surface area contributed by atoms with Crippen LogP contribution in [0.25, 0.3) is 5.69 Å². The lowest BCUT2D eigenvalue weighted by Gasteiger charge is -2.05. The summed E-state index contributed by atoms with van der Waals surface area (Å²) in [6.07, 6.45) is 5.08. The van der Waals surface area contributed by atoms with Gasteiger partial charge in [0.1, 0.15) is 5.82 Å². The second-order valence-electron chi connectivity index (χ2n) is 2.95. The molecule has 0 fully saturated rings. The molecule has 2 rings (SSSR count). The third-order valence-corrected chi connectivity index (χ3v) is 2.36. The summed E-state index contributed by atoms with van der Waals surface area (Å²) in [5, 5.41) is 4.70. The van der Waals surface area contributed by atoms with Crippen LogP contribution in [0.2, 0.25) is 5.02 Å². The van der Waals surface area contributed by atoms with Crippen LogP contribution in [0.1, 0.15) is 5.56 Å². The highest BCUT2D eigenvalue weighted by Gasteiger charge is 2.05. The summed E-state index contributed by atoms with van der Waals surface area (Å²) in [7, 11) is 0. The van der Waals surface area contributed by atoms with Crippen LogP contribution in [0.15, 0.2) is 24.7 Å². The first kappa shape index (κ1) is 9.02. The van der Waals surface area contributed by atoms with Crippen LogP contribution < -0.4 is 5.73 Å². The Kier molecular flexibility index (Phi) is 2.13. The number of pyridine rings is 1. The lowest BCUT2D eigenvalue weighted by molar-refractivity contribution is 0.870. The Hall–Kier alpha value is -1.55. The van der Waals surface area contributed by atoms with Crippen molar-refractivity contribution in [2.24, 2.45) is 0 Å². The minimum Gasteiger partial charge on any atom is -0.382 e. The maximum absolute atomic E-state index is 5.94. The molecule has 0 aliphatic carbocycles. The highest BCUT2D eigenvalue weighted by molar-refractivity contribution is 6.31. The molecule has 4 nitrogen and oxygen atoms in total. The Labute approximate surface area is 86.3 Å². The van der Waals surface area contributed by atoms with Crippen molar-refractivity contribution in [3.05, 3.63) is 35.2 Å². The molecular formula is C9H9ClN4. The molecular weight excluding hydrogens is 200 g/mol. The first-order valence-electron chi connectivity index (χ1n) is 4.10. The molecule has 0 saturated carbocycles. The minimum absolute atomic E-state index is 0.476. The molecule has 2 aromatic rings. The zero-order valence-electron chi connectivity index (χ0n) is 7.61. The third-order valence-electron chi connectivity index (χ3n) is 1.98. The molecule has 2 heterocycles. The van der Waals surface area contributed by atoms with E-state index in [1.54, 1.807) is 29.3 Å². The summed E-state index contributed by atoms with van der Waals surface area (Å²) < 4.78 is 1.66. The SMILES string of the molecule is Cc1c(Cl)cncc1-n1ccc(N)n1. The van der Waals surface area contributed by atoms with Gasteiger partial charge in [0.05, 0.1) is 16.9 Å². The van der Waals surface area contributed by atoms with Crippen molar-refractivity contribution in [1.29, 1.82) is 0 Å². The maximum Gasteiger partial charge on any atom is 0.145 e. The number of nitrogen functional groups attached to an aromatic ring is 1. The first-order chi connectivity index (χ1) is 6.68. The number of hydrogen-bond donors (Lipinski definition) is 1. The van der Waals surface area contributed by atoms with Crippen molar-refractivity contribution in [1.82, 2.24) is 14.8 Å². The van der Waals surface area contributed by atoms with E-state index in [9.17, 15) is 0 Å². The molecule has 0 amide bonds. The lowest BCUT2D eigenvalue weighted by atomic mass is 10.2. The fourth-order valence-electron chi connectivity index (χ4n) is 1.19. The molecule has 0 aromatic carbocycles. The molecule has 0 spiro atoms. The third kappa shape index (κ3) is 1.44. The van der Waals surface area contributed by atoms with Gasteiger partial charge in [-0.3, -0.25) is 4.98 Å². The Morgan fingerprint density at radius 2 is 2.21 bits per heavy atom. The van der Waals surface area contributed by atoms with Gasteiger partial charge in [0.25, 0.3) is 0 Å². The first-order valence-corrected chi connectivity index (χ1v) is 4.48. The molecule has 0 atom stereocenters. The summed E-state index contributed by atoms with van der Waals surface area (Å²) in [4.78, 5) is 4.00. The molecule has 0 saturated heterocycles. The number of nitrogens with two attached hydrogens (primary N) is 1. The molecule has 2 N–H and O–H groups in total. The van der Waals surface area contributed by atoms with Gasteiger partial charge in [0.2, 0.25) is 0 Å². The number of aromatic nitrogens is 3. The minimum atomic E-state index is 0.476.